The molecule has 2 N–H and O–H groups in total. The number of aryl methyl sites for hydroxylation is 1. The Bertz CT molecular complexity index is 1020. The van der Waals surface area contributed by atoms with Gasteiger partial charge in [-0.1, -0.05) is 31.4 Å². The van der Waals surface area contributed by atoms with Crippen molar-refractivity contribution in [1.29, 1.82) is 0 Å². The highest BCUT2D eigenvalue weighted by Gasteiger charge is 2.21. The Morgan fingerprint density at radius 2 is 1.94 bits per heavy atom. The van der Waals surface area contributed by atoms with Gasteiger partial charge in [-0.2, -0.15) is 5.10 Å². The van der Waals surface area contributed by atoms with E-state index in [1.165, 1.54) is 19.3 Å². The van der Waals surface area contributed by atoms with Gasteiger partial charge in [-0.3, -0.25) is 4.79 Å². The number of pyridine rings is 1. The molecule has 164 valence electrons. The summed E-state index contributed by atoms with van der Waals surface area (Å²) in [6, 6.07) is 8.30. The number of methoxy groups -OCH3 is 1. The van der Waals surface area contributed by atoms with Gasteiger partial charge in [0, 0.05) is 25.3 Å². The minimum Gasteiger partial charge on any atom is -0.497 e. The predicted molar refractivity (Wildman–Crippen MR) is 123 cm³/mol. The number of nitrogens with zero attached hydrogens (tertiary/aromatic N) is 3. The fourth-order valence-corrected chi connectivity index (χ4v) is 4.24. The highest BCUT2D eigenvalue weighted by atomic mass is 16.5. The average Bonchev–Trinajstić information content (AvgIpc) is 3.24. The molecule has 1 fully saturated rings. The van der Waals surface area contributed by atoms with Crippen molar-refractivity contribution in [2.75, 3.05) is 19.0 Å². The number of hydrogen-bond acceptors (Lipinski definition) is 5. The molecular weight excluding hydrogens is 390 g/mol. The molecule has 1 saturated carbocycles. The van der Waals surface area contributed by atoms with Crippen LogP contribution in [0.2, 0.25) is 0 Å². The van der Waals surface area contributed by atoms with Crippen LogP contribution in [0.3, 0.4) is 0 Å². The van der Waals surface area contributed by atoms with Gasteiger partial charge in [0.15, 0.2) is 5.65 Å². The number of amides is 1. The number of carbonyl (C=O) groups excluding carboxylic acids is 1. The lowest BCUT2D eigenvalue weighted by Gasteiger charge is -2.25. The summed E-state index contributed by atoms with van der Waals surface area (Å²) in [7, 11) is 1.66. The molecule has 1 amide bonds. The summed E-state index contributed by atoms with van der Waals surface area (Å²) in [5.74, 6) is 0.726. The number of aromatic nitrogens is 3. The van der Waals surface area contributed by atoms with Crippen LogP contribution in [0.25, 0.3) is 11.0 Å². The molecule has 1 aromatic carbocycles. The van der Waals surface area contributed by atoms with Gasteiger partial charge in [0.1, 0.15) is 5.75 Å². The molecular formula is C24H31N5O2. The minimum atomic E-state index is -0.106. The number of rotatable bonds is 8. The highest BCUT2D eigenvalue weighted by molar-refractivity contribution is 6.06. The van der Waals surface area contributed by atoms with E-state index in [1.54, 1.807) is 13.3 Å². The Hall–Kier alpha value is -3.09. The summed E-state index contributed by atoms with van der Waals surface area (Å²) >= 11 is 0. The average molecular weight is 422 g/mol. The maximum absolute atomic E-state index is 13.1. The second-order valence-electron chi connectivity index (χ2n) is 8.08. The number of nitrogens with one attached hydrogen (secondary N) is 2. The summed E-state index contributed by atoms with van der Waals surface area (Å²) in [5.41, 5.74) is 3.41. The van der Waals surface area contributed by atoms with E-state index in [9.17, 15) is 4.79 Å². The van der Waals surface area contributed by atoms with Gasteiger partial charge in [-0.15, -0.1) is 0 Å². The molecule has 0 aliphatic heterocycles. The number of benzene rings is 1. The summed E-state index contributed by atoms with van der Waals surface area (Å²) < 4.78 is 7.07. The van der Waals surface area contributed by atoms with Gasteiger partial charge < -0.3 is 15.4 Å². The van der Waals surface area contributed by atoms with Crippen LogP contribution in [0.5, 0.6) is 5.75 Å². The monoisotopic (exact) mass is 421 g/mol. The SMILES string of the molecule is CCn1ncc2c(NC3CCCCC3)c(C(=O)NCCc3ccc(OC)cc3)cnc21. The molecule has 0 bridgehead atoms. The van der Waals surface area contributed by atoms with Crippen molar-refractivity contribution in [2.24, 2.45) is 0 Å². The van der Waals surface area contributed by atoms with Gasteiger partial charge in [-0.05, 0) is 43.9 Å². The lowest BCUT2D eigenvalue weighted by atomic mass is 9.95. The van der Waals surface area contributed by atoms with Crippen molar-refractivity contribution >= 4 is 22.6 Å². The van der Waals surface area contributed by atoms with Crippen LogP contribution in [-0.2, 0) is 13.0 Å². The molecule has 2 aromatic heterocycles. The van der Waals surface area contributed by atoms with E-state index in [-0.39, 0.29) is 5.91 Å². The molecule has 31 heavy (non-hydrogen) atoms. The molecule has 0 radical (unpaired) electrons. The van der Waals surface area contributed by atoms with Crippen molar-refractivity contribution in [1.82, 2.24) is 20.1 Å². The molecule has 3 aromatic rings. The topological polar surface area (TPSA) is 81.1 Å². The third-order valence-electron chi connectivity index (χ3n) is 6.02. The Labute approximate surface area is 183 Å². The van der Waals surface area contributed by atoms with Crippen LogP contribution in [0.4, 0.5) is 5.69 Å². The lowest BCUT2D eigenvalue weighted by molar-refractivity contribution is 0.0954. The fraction of sp³-hybridized carbons (Fsp3) is 0.458. The van der Waals surface area contributed by atoms with Crippen LogP contribution in [0.15, 0.2) is 36.7 Å². The van der Waals surface area contributed by atoms with Gasteiger partial charge in [-0.25, -0.2) is 9.67 Å². The van der Waals surface area contributed by atoms with Crippen LogP contribution >= 0.6 is 0 Å². The Balaban J connectivity index is 1.51. The summed E-state index contributed by atoms with van der Waals surface area (Å²) in [6.07, 6.45) is 10.3. The summed E-state index contributed by atoms with van der Waals surface area (Å²) in [6.45, 7) is 3.34. The second-order valence-corrected chi connectivity index (χ2v) is 8.08. The first-order valence-electron chi connectivity index (χ1n) is 11.2. The van der Waals surface area contributed by atoms with Gasteiger partial charge in [0.25, 0.3) is 5.91 Å². The second kappa shape index (κ2) is 9.81. The van der Waals surface area contributed by atoms with E-state index in [1.807, 2.05) is 42.1 Å². The Morgan fingerprint density at radius 1 is 1.16 bits per heavy atom. The van der Waals surface area contributed by atoms with E-state index >= 15 is 0 Å². The van der Waals surface area contributed by atoms with E-state index in [4.69, 9.17) is 4.74 Å². The maximum Gasteiger partial charge on any atom is 0.254 e. The van der Waals surface area contributed by atoms with Gasteiger partial charge in [0.05, 0.1) is 29.9 Å². The quantitative estimate of drug-likeness (QED) is 0.570. The van der Waals surface area contributed by atoms with Crippen molar-refractivity contribution in [2.45, 2.75) is 58.0 Å². The molecule has 1 aliphatic rings. The Kier molecular flexibility index (Phi) is 6.70. The number of ether oxygens (including phenoxy) is 1. The smallest absolute Gasteiger partial charge is 0.254 e. The van der Waals surface area contributed by atoms with Crippen LogP contribution in [-0.4, -0.2) is 40.4 Å². The molecule has 2 heterocycles. The van der Waals surface area contributed by atoms with Crippen LogP contribution in [0, 0.1) is 0 Å². The minimum absolute atomic E-state index is 0.106. The molecule has 1 aliphatic carbocycles. The molecule has 0 saturated heterocycles. The van der Waals surface area contributed by atoms with Crippen LogP contribution in [0.1, 0.15) is 54.9 Å². The predicted octanol–water partition coefficient (Wildman–Crippen LogP) is 4.18. The summed E-state index contributed by atoms with van der Waals surface area (Å²) in [4.78, 5) is 17.6. The van der Waals surface area contributed by atoms with Gasteiger partial charge in [0.2, 0.25) is 0 Å². The number of carbonyl (C=O) groups is 1. The third kappa shape index (κ3) is 4.81. The zero-order valence-corrected chi connectivity index (χ0v) is 18.4. The summed E-state index contributed by atoms with van der Waals surface area (Å²) in [5, 5.41) is 12.1. The standard InChI is InChI=1S/C24H31N5O2/c1-3-29-23-20(16-27-29)22(28-18-7-5-4-6-8-18)21(15-26-23)24(30)25-14-13-17-9-11-19(31-2)12-10-17/h9-12,15-16,18H,3-8,13-14H2,1-2H3,(H,25,30)(H,26,28). The van der Waals surface area contributed by atoms with Crippen molar-refractivity contribution in [3.63, 3.8) is 0 Å². The van der Waals surface area contributed by atoms with Gasteiger partial charge >= 0.3 is 0 Å². The normalized spacial score (nSPS) is 14.5. The molecule has 0 atom stereocenters. The van der Waals surface area contributed by atoms with Crippen LogP contribution < -0.4 is 15.4 Å². The first kappa shape index (κ1) is 21.2. The molecule has 7 nitrogen and oxygen atoms in total. The zero-order valence-electron chi connectivity index (χ0n) is 18.4. The molecule has 0 unspecified atom stereocenters. The van der Waals surface area contributed by atoms with E-state index in [0.717, 1.165) is 53.8 Å². The first-order chi connectivity index (χ1) is 15.2. The first-order valence-corrected chi connectivity index (χ1v) is 11.2. The third-order valence-corrected chi connectivity index (χ3v) is 6.02. The zero-order chi connectivity index (χ0) is 21.6. The number of fused-ring (bicyclic) bond motifs is 1. The number of anilines is 1. The highest BCUT2D eigenvalue weighted by Crippen LogP contribution is 2.30. The van der Waals surface area contributed by atoms with E-state index in [2.05, 4.69) is 20.7 Å². The van der Waals surface area contributed by atoms with E-state index in [0.29, 0.717) is 18.2 Å². The fourth-order valence-electron chi connectivity index (χ4n) is 4.24. The molecule has 0 spiro atoms. The Morgan fingerprint density at radius 3 is 2.65 bits per heavy atom. The lowest BCUT2D eigenvalue weighted by Crippen LogP contribution is -2.29. The molecule has 4 rings (SSSR count). The largest absolute Gasteiger partial charge is 0.497 e. The van der Waals surface area contributed by atoms with Crippen molar-refractivity contribution < 1.29 is 9.53 Å². The van der Waals surface area contributed by atoms with Crippen molar-refractivity contribution in [3.8, 4) is 5.75 Å². The van der Waals surface area contributed by atoms with Crippen molar-refractivity contribution in [3.05, 3.63) is 47.8 Å². The molecule has 7 heteroatoms. The maximum atomic E-state index is 13.1. The number of hydrogen-bond donors (Lipinski definition) is 2. The van der Waals surface area contributed by atoms with E-state index < -0.39 is 0 Å².